The van der Waals surface area contributed by atoms with Crippen LogP contribution in [0, 0.1) is 0 Å². The van der Waals surface area contributed by atoms with Crippen molar-refractivity contribution < 1.29 is 0 Å². The first-order valence-electron chi connectivity index (χ1n) is 5.04. The number of hydrogen-bond donors (Lipinski definition) is 0. The molecule has 0 aromatic carbocycles. The Balaban J connectivity index is 2.53. The number of hydrogen-bond acceptors (Lipinski definition) is 3. The highest BCUT2D eigenvalue weighted by molar-refractivity contribution is 7.07. The molecule has 0 unspecified atom stereocenters. The molecule has 0 radical (unpaired) electrons. The number of rotatable bonds is 5. The Bertz CT molecular complexity index is 325. The fourth-order valence-corrected chi connectivity index (χ4v) is 2.22. The van der Waals surface area contributed by atoms with Crippen LogP contribution in [0.4, 0.5) is 0 Å². The van der Waals surface area contributed by atoms with Crippen molar-refractivity contribution in [2.24, 2.45) is 7.05 Å². The molecule has 1 rings (SSSR count). The minimum absolute atomic E-state index is 0.138. The highest BCUT2D eigenvalue weighted by Gasteiger charge is 2.04. The van der Waals surface area contributed by atoms with Crippen LogP contribution in [-0.4, -0.2) is 29.1 Å². The largest absolute Gasteiger partial charge is 0.307 e. The highest BCUT2D eigenvalue weighted by Crippen LogP contribution is 2.02. The van der Waals surface area contributed by atoms with Gasteiger partial charge in [-0.05, 0) is 13.1 Å². The fourth-order valence-electron chi connectivity index (χ4n) is 1.43. The van der Waals surface area contributed by atoms with E-state index in [1.165, 1.54) is 11.3 Å². The van der Waals surface area contributed by atoms with E-state index in [9.17, 15) is 4.79 Å². The molecular formula is C10H18N2OS. The van der Waals surface area contributed by atoms with E-state index in [0.29, 0.717) is 0 Å². The lowest BCUT2D eigenvalue weighted by Crippen LogP contribution is -2.26. The maximum Gasteiger partial charge on any atom is 0.307 e. The van der Waals surface area contributed by atoms with Gasteiger partial charge < -0.3 is 9.47 Å². The molecule has 0 aliphatic rings. The van der Waals surface area contributed by atoms with E-state index < -0.39 is 0 Å². The van der Waals surface area contributed by atoms with Crippen molar-refractivity contribution in [1.82, 2.24) is 9.47 Å². The van der Waals surface area contributed by atoms with Crippen molar-refractivity contribution in [2.45, 2.75) is 20.3 Å². The number of thiazole rings is 1. The molecule has 0 aliphatic carbocycles. The first-order valence-corrected chi connectivity index (χ1v) is 5.92. The summed E-state index contributed by atoms with van der Waals surface area (Å²) in [7, 11) is 1.84. The summed E-state index contributed by atoms with van der Waals surface area (Å²) < 4.78 is 1.74. The monoisotopic (exact) mass is 214 g/mol. The fraction of sp³-hybridized carbons (Fsp3) is 0.700. The van der Waals surface area contributed by atoms with E-state index in [4.69, 9.17) is 0 Å². The second-order valence-electron chi connectivity index (χ2n) is 3.33. The number of nitrogens with zero attached hydrogens (tertiary/aromatic N) is 2. The van der Waals surface area contributed by atoms with Gasteiger partial charge in [-0.3, -0.25) is 4.79 Å². The molecular weight excluding hydrogens is 196 g/mol. The summed E-state index contributed by atoms with van der Waals surface area (Å²) in [5, 5.41) is 1.96. The molecule has 0 saturated carbocycles. The van der Waals surface area contributed by atoms with Gasteiger partial charge in [-0.25, -0.2) is 0 Å². The SMILES string of the molecule is CCN(CC)CCc1csc(=O)n1C. The van der Waals surface area contributed by atoms with Crippen LogP contribution in [0.15, 0.2) is 10.2 Å². The van der Waals surface area contributed by atoms with Crippen molar-refractivity contribution in [1.29, 1.82) is 0 Å². The van der Waals surface area contributed by atoms with E-state index >= 15 is 0 Å². The molecule has 80 valence electrons. The predicted octanol–water partition coefficient (Wildman–Crippen LogP) is 1.33. The Morgan fingerprint density at radius 3 is 2.50 bits per heavy atom. The van der Waals surface area contributed by atoms with Crippen LogP contribution >= 0.6 is 11.3 Å². The summed E-state index contributed by atoms with van der Waals surface area (Å²) in [5.41, 5.74) is 1.15. The Kier molecular flexibility index (Phi) is 4.35. The van der Waals surface area contributed by atoms with Gasteiger partial charge in [0, 0.05) is 31.1 Å². The lowest BCUT2D eigenvalue weighted by Gasteiger charge is -2.17. The van der Waals surface area contributed by atoms with E-state index in [0.717, 1.165) is 31.7 Å². The lowest BCUT2D eigenvalue weighted by atomic mass is 10.3. The average molecular weight is 214 g/mol. The van der Waals surface area contributed by atoms with Crippen LogP contribution in [-0.2, 0) is 13.5 Å². The zero-order valence-corrected chi connectivity index (χ0v) is 9.93. The minimum Gasteiger partial charge on any atom is -0.306 e. The summed E-state index contributed by atoms with van der Waals surface area (Å²) in [6, 6.07) is 0. The molecule has 0 bridgehead atoms. The zero-order valence-electron chi connectivity index (χ0n) is 9.12. The van der Waals surface area contributed by atoms with Gasteiger partial charge in [-0.15, -0.1) is 0 Å². The summed E-state index contributed by atoms with van der Waals surface area (Å²) in [6.45, 7) is 7.52. The Labute approximate surface area is 89.0 Å². The second kappa shape index (κ2) is 5.32. The molecule has 0 aliphatic heterocycles. The molecule has 0 spiro atoms. The first-order chi connectivity index (χ1) is 6.69. The molecule has 0 N–H and O–H groups in total. The average Bonchev–Trinajstić information content (AvgIpc) is 2.51. The third kappa shape index (κ3) is 2.69. The molecule has 0 saturated heterocycles. The third-order valence-corrected chi connectivity index (χ3v) is 3.44. The van der Waals surface area contributed by atoms with Crippen LogP contribution < -0.4 is 4.87 Å². The van der Waals surface area contributed by atoms with E-state index in [1.54, 1.807) is 4.57 Å². The normalized spacial score (nSPS) is 11.1. The van der Waals surface area contributed by atoms with Gasteiger partial charge in [0.05, 0.1) is 0 Å². The Morgan fingerprint density at radius 2 is 2.07 bits per heavy atom. The Hall–Kier alpha value is -0.610. The van der Waals surface area contributed by atoms with Crippen molar-refractivity contribution in [2.75, 3.05) is 19.6 Å². The van der Waals surface area contributed by atoms with Gasteiger partial charge in [-0.2, -0.15) is 0 Å². The second-order valence-corrected chi connectivity index (χ2v) is 4.15. The quantitative estimate of drug-likeness (QED) is 0.739. The summed E-state index contributed by atoms with van der Waals surface area (Å²) in [4.78, 5) is 13.7. The molecule has 0 atom stereocenters. The van der Waals surface area contributed by atoms with Gasteiger partial charge >= 0.3 is 4.87 Å². The summed E-state index contributed by atoms with van der Waals surface area (Å²) in [6.07, 6.45) is 0.969. The van der Waals surface area contributed by atoms with Crippen LogP contribution in [0.5, 0.6) is 0 Å². The number of aromatic nitrogens is 1. The van der Waals surface area contributed by atoms with Gasteiger partial charge in [0.25, 0.3) is 0 Å². The molecule has 3 nitrogen and oxygen atoms in total. The third-order valence-electron chi connectivity index (χ3n) is 2.58. The number of likely N-dealkylation sites (N-methyl/N-ethyl adjacent to an activating group) is 1. The van der Waals surface area contributed by atoms with Crippen LogP contribution in [0.2, 0.25) is 0 Å². The van der Waals surface area contributed by atoms with E-state index in [-0.39, 0.29) is 4.87 Å². The van der Waals surface area contributed by atoms with E-state index in [1.807, 2.05) is 12.4 Å². The van der Waals surface area contributed by atoms with E-state index in [2.05, 4.69) is 18.7 Å². The molecule has 0 amide bonds. The van der Waals surface area contributed by atoms with Crippen LogP contribution in [0.3, 0.4) is 0 Å². The smallest absolute Gasteiger partial charge is 0.306 e. The molecule has 1 heterocycles. The van der Waals surface area contributed by atoms with Crippen molar-refractivity contribution >= 4 is 11.3 Å². The molecule has 0 fully saturated rings. The van der Waals surface area contributed by atoms with Crippen molar-refractivity contribution in [3.8, 4) is 0 Å². The maximum absolute atomic E-state index is 11.2. The highest BCUT2D eigenvalue weighted by atomic mass is 32.1. The van der Waals surface area contributed by atoms with Gasteiger partial charge in [0.2, 0.25) is 0 Å². The van der Waals surface area contributed by atoms with Crippen molar-refractivity contribution in [3.05, 3.63) is 20.7 Å². The zero-order chi connectivity index (χ0) is 10.6. The van der Waals surface area contributed by atoms with Gasteiger partial charge in [0.1, 0.15) is 0 Å². The van der Waals surface area contributed by atoms with Crippen LogP contribution in [0.1, 0.15) is 19.5 Å². The molecule has 14 heavy (non-hydrogen) atoms. The topological polar surface area (TPSA) is 25.2 Å². The van der Waals surface area contributed by atoms with Gasteiger partial charge in [0.15, 0.2) is 0 Å². The standard InChI is InChI=1S/C10H18N2OS/c1-4-12(5-2)7-6-9-8-14-10(13)11(9)3/h8H,4-7H2,1-3H3. The molecule has 4 heteroatoms. The molecule has 1 aromatic heterocycles. The lowest BCUT2D eigenvalue weighted by molar-refractivity contribution is 0.306. The predicted molar refractivity (Wildman–Crippen MR) is 61.1 cm³/mol. The Morgan fingerprint density at radius 1 is 1.43 bits per heavy atom. The summed E-state index contributed by atoms with van der Waals surface area (Å²) in [5.74, 6) is 0. The summed E-state index contributed by atoms with van der Waals surface area (Å²) >= 11 is 1.29. The van der Waals surface area contributed by atoms with Crippen LogP contribution in [0.25, 0.3) is 0 Å². The maximum atomic E-state index is 11.2. The first kappa shape index (κ1) is 11.5. The van der Waals surface area contributed by atoms with Gasteiger partial charge in [-0.1, -0.05) is 25.2 Å². The van der Waals surface area contributed by atoms with Crippen molar-refractivity contribution in [3.63, 3.8) is 0 Å². The minimum atomic E-state index is 0.138. The molecule has 1 aromatic rings.